The number of amides is 1. The van der Waals surface area contributed by atoms with Crippen LogP contribution in [0.5, 0.6) is 23.1 Å². The zero-order valence-corrected chi connectivity index (χ0v) is 20.7. The maximum absolute atomic E-state index is 11.8. The molecule has 1 saturated heterocycles. The molecule has 8 heteroatoms. The van der Waals surface area contributed by atoms with Gasteiger partial charge < -0.3 is 19.1 Å². The van der Waals surface area contributed by atoms with Gasteiger partial charge in [0.05, 0.1) is 24.6 Å². The van der Waals surface area contributed by atoms with Gasteiger partial charge in [-0.1, -0.05) is 12.1 Å². The first kappa shape index (κ1) is 23.4. The fourth-order valence-corrected chi connectivity index (χ4v) is 4.85. The fraction of sp³-hybridized carbons (Fsp3) is 0.370. The van der Waals surface area contributed by atoms with Crippen LogP contribution < -0.4 is 14.2 Å². The van der Waals surface area contributed by atoms with Crippen molar-refractivity contribution in [1.82, 2.24) is 14.9 Å². The van der Waals surface area contributed by atoms with E-state index < -0.39 is 0 Å². The zero-order valence-electron chi connectivity index (χ0n) is 19.9. The van der Waals surface area contributed by atoms with Crippen LogP contribution >= 0.6 is 11.6 Å². The summed E-state index contributed by atoms with van der Waals surface area (Å²) in [5.41, 5.74) is 4.50. The van der Waals surface area contributed by atoms with E-state index in [2.05, 4.69) is 35.1 Å². The maximum Gasteiger partial charge on any atom is 0.237 e. The molecule has 1 fully saturated rings. The standard InChI is InChI=1S/C27H28ClN3O4/c1-17-3-4-19-5-6-20(11-21(17)19)35-27-22-12-24(33-2)25(13-23(22)29-16-30-27)34-15-18-7-9-31(10-8-18)26(32)14-28/h3,5-6,11-13,16,18H,4,7-10,14-15H2,1-2H3. The number of carbonyl (C=O) groups excluding carboxylic acids is 1. The molecule has 0 bridgehead atoms. The zero-order chi connectivity index (χ0) is 24.4. The Morgan fingerprint density at radius 3 is 2.74 bits per heavy atom. The molecule has 0 radical (unpaired) electrons. The number of aromatic nitrogens is 2. The van der Waals surface area contributed by atoms with Gasteiger partial charge in [0.2, 0.25) is 11.8 Å². The van der Waals surface area contributed by atoms with E-state index in [1.165, 1.54) is 23.0 Å². The summed E-state index contributed by atoms with van der Waals surface area (Å²) in [6, 6.07) is 9.86. The molecule has 0 spiro atoms. The first-order valence-electron chi connectivity index (χ1n) is 11.8. The number of likely N-dealkylation sites (tertiary alicyclic amines) is 1. The predicted octanol–water partition coefficient (Wildman–Crippen LogP) is 5.25. The van der Waals surface area contributed by atoms with Gasteiger partial charge in [0.25, 0.3) is 0 Å². The Morgan fingerprint density at radius 2 is 1.97 bits per heavy atom. The van der Waals surface area contributed by atoms with Gasteiger partial charge in [-0.2, -0.15) is 0 Å². The molecule has 1 aliphatic heterocycles. The van der Waals surface area contributed by atoms with E-state index >= 15 is 0 Å². The van der Waals surface area contributed by atoms with Crippen molar-refractivity contribution in [3.63, 3.8) is 0 Å². The van der Waals surface area contributed by atoms with Crippen molar-refractivity contribution >= 4 is 34.0 Å². The van der Waals surface area contributed by atoms with Gasteiger partial charge >= 0.3 is 0 Å². The molecule has 2 heterocycles. The molecule has 0 N–H and O–H groups in total. The molecule has 0 saturated carbocycles. The number of fused-ring (bicyclic) bond motifs is 2. The normalized spacial score (nSPS) is 15.6. The van der Waals surface area contributed by atoms with Gasteiger partial charge in [0.15, 0.2) is 11.5 Å². The molecule has 3 aromatic rings. The average Bonchev–Trinajstić information content (AvgIpc) is 3.26. The Bertz CT molecular complexity index is 1280. The van der Waals surface area contributed by atoms with Gasteiger partial charge in [-0.15, -0.1) is 11.6 Å². The highest BCUT2D eigenvalue weighted by Crippen LogP contribution is 2.38. The quantitative estimate of drug-likeness (QED) is 0.419. The summed E-state index contributed by atoms with van der Waals surface area (Å²) < 4.78 is 18.0. The Hall–Kier alpha value is -3.32. The number of alkyl halides is 1. The number of hydrogen-bond acceptors (Lipinski definition) is 6. The summed E-state index contributed by atoms with van der Waals surface area (Å²) in [5, 5.41) is 0.748. The van der Waals surface area contributed by atoms with Crippen LogP contribution in [-0.2, 0) is 11.2 Å². The van der Waals surface area contributed by atoms with Crippen molar-refractivity contribution in [2.75, 3.05) is 32.7 Å². The van der Waals surface area contributed by atoms with E-state index in [4.69, 9.17) is 25.8 Å². The molecule has 5 rings (SSSR count). The lowest BCUT2D eigenvalue weighted by Gasteiger charge is -2.31. The van der Waals surface area contributed by atoms with E-state index in [1.807, 2.05) is 23.1 Å². The first-order valence-corrected chi connectivity index (χ1v) is 12.4. The number of halogens is 1. The molecular formula is C27H28ClN3O4. The number of allylic oxidation sites excluding steroid dienone is 2. The Balaban J connectivity index is 1.32. The Morgan fingerprint density at radius 1 is 1.14 bits per heavy atom. The lowest BCUT2D eigenvalue weighted by molar-refractivity contribution is -0.130. The first-order chi connectivity index (χ1) is 17.1. The van der Waals surface area contributed by atoms with Crippen molar-refractivity contribution in [2.24, 2.45) is 5.92 Å². The van der Waals surface area contributed by atoms with E-state index in [9.17, 15) is 4.79 Å². The molecule has 7 nitrogen and oxygen atoms in total. The van der Waals surface area contributed by atoms with Gasteiger partial charge in [0, 0.05) is 19.2 Å². The minimum absolute atomic E-state index is 0.00794. The second-order valence-electron chi connectivity index (χ2n) is 8.98. The van der Waals surface area contributed by atoms with Crippen LogP contribution in [0.25, 0.3) is 16.5 Å². The van der Waals surface area contributed by atoms with Crippen molar-refractivity contribution in [2.45, 2.75) is 26.2 Å². The SMILES string of the molecule is COc1cc2c(Oc3ccc4c(c3)C(C)=CC4)ncnc2cc1OCC1CCN(C(=O)CCl)CC1. The number of rotatable bonds is 7. The second-order valence-corrected chi connectivity index (χ2v) is 9.25. The Labute approximate surface area is 209 Å². The van der Waals surface area contributed by atoms with E-state index in [1.54, 1.807) is 7.11 Å². The number of benzene rings is 2. The Kier molecular flexibility index (Phi) is 6.77. The van der Waals surface area contributed by atoms with Gasteiger partial charge in [-0.3, -0.25) is 4.79 Å². The molecular weight excluding hydrogens is 466 g/mol. The molecule has 182 valence electrons. The van der Waals surface area contributed by atoms with Crippen molar-refractivity contribution in [3.05, 3.63) is 53.9 Å². The van der Waals surface area contributed by atoms with E-state index in [-0.39, 0.29) is 11.8 Å². The minimum Gasteiger partial charge on any atom is -0.493 e. The smallest absolute Gasteiger partial charge is 0.237 e. The van der Waals surface area contributed by atoms with Crippen LogP contribution in [-0.4, -0.2) is 53.5 Å². The number of hydrogen-bond donors (Lipinski definition) is 0. The lowest BCUT2D eigenvalue weighted by Crippen LogP contribution is -2.40. The van der Waals surface area contributed by atoms with E-state index in [0.29, 0.717) is 48.5 Å². The monoisotopic (exact) mass is 493 g/mol. The number of ether oxygens (including phenoxy) is 3. The van der Waals surface area contributed by atoms with Crippen molar-refractivity contribution in [1.29, 1.82) is 0 Å². The van der Waals surface area contributed by atoms with E-state index in [0.717, 1.165) is 30.4 Å². The highest BCUT2D eigenvalue weighted by atomic mass is 35.5. The maximum atomic E-state index is 11.8. The second kappa shape index (κ2) is 10.1. The molecule has 1 amide bonds. The minimum atomic E-state index is -0.00794. The summed E-state index contributed by atoms with van der Waals surface area (Å²) in [7, 11) is 1.62. The molecule has 35 heavy (non-hydrogen) atoms. The van der Waals surface area contributed by atoms with Crippen LogP contribution in [0.1, 0.15) is 30.9 Å². The third-order valence-corrected chi connectivity index (χ3v) is 7.02. The molecule has 0 atom stereocenters. The average molecular weight is 494 g/mol. The number of nitrogens with zero attached hydrogens (tertiary/aromatic N) is 3. The van der Waals surface area contributed by atoms with Crippen LogP contribution in [0, 0.1) is 5.92 Å². The highest BCUT2D eigenvalue weighted by Gasteiger charge is 2.23. The largest absolute Gasteiger partial charge is 0.493 e. The summed E-state index contributed by atoms with van der Waals surface area (Å²) in [6.07, 6.45) is 6.45. The summed E-state index contributed by atoms with van der Waals surface area (Å²) in [5.74, 6) is 2.81. The summed E-state index contributed by atoms with van der Waals surface area (Å²) in [6.45, 7) is 4.08. The predicted molar refractivity (Wildman–Crippen MR) is 135 cm³/mol. The van der Waals surface area contributed by atoms with Crippen LogP contribution in [0.2, 0.25) is 0 Å². The molecule has 2 aromatic carbocycles. The lowest BCUT2D eigenvalue weighted by atomic mass is 9.98. The fourth-order valence-electron chi connectivity index (χ4n) is 4.68. The summed E-state index contributed by atoms with van der Waals surface area (Å²) >= 11 is 5.68. The van der Waals surface area contributed by atoms with Crippen LogP contribution in [0.15, 0.2) is 42.7 Å². The van der Waals surface area contributed by atoms with Crippen LogP contribution in [0.4, 0.5) is 0 Å². The van der Waals surface area contributed by atoms with Crippen molar-refractivity contribution in [3.8, 4) is 23.1 Å². The van der Waals surface area contributed by atoms with Crippen LogP contribution in [0.3, 0.4) is 0 Å². The molecule has 2 aliphatic rings. The summed E-state index contributed by atoms with van der Waals surface area (Å²) in [4.78, 5) is 22.4. The third-order valence-electron chi connectivity index (χ3n) is 6.79. The van der Waals surface area contributed by atoms with Gasteiger partial charge in [0.1, 0.15) is 18.0 Å². The highest BCUT2D eigenvalue weighted by molar-refractivity contribution is 6.27. The molecule has 1 aliphatic carbocycles. The molecule has 1 aromatic heterocycles. The van der Waals surface area contributed by atoms with Gasteiger partial charge in [-0.25, -0.2) is 9.97 Å². The van der Waals surface area contributed by atoms with Gasteiger partial charge in [-0.05, 0) is 67.0 Å². The molecule has 0 unspecified atom stereocenters. The number of carbonyl (C=O) groups is 1. The number of methoxy groups -OCH3 is 1. The van der Waals surface area contributed by atoms with Crippen molar-refractivity contribution < 1.29 is 19.0 Å². The third kappa shape index (κ3) is 4.91. The number of piperidine rings is 1. The topological polar surface area (TPSA) is 73.8 Å².